The molecule has 1 aromatic rings. The van der Waals surface area contributed by atoms with Crippen molar-refractivity contribution >= 4 is 12.4 Å². The number of hydrogen-bond acceptors (Lipinski definition) is 2. The first kappa shape index (κ1) is 7.54. The Morgan fingerprint density at radius 3 is 2.91 bits per heavy atom. The topological polar surface area (TPSA) is 30.2 Å². The van der Waals surface area contributed by atoms with E-state index in [-0.39, 0.29) is 0 Å². The van der Waals surface area contributed by atoms with Gasteiger partial charge in [0.15, 0.2) is 12.0 Å². The third-order valence-electron chi connectivity index (χ3n) is 1.18. The Balaban J connectivity index is 2.80. The molecular formula is C9H8O2. The van der Waals surface area contributed by atoms with E-state index in [1.165, 1.54) is 6.26 Å². The van der Waals surface area contributed by atoms with Crippen molar-refractivity contribution in [1.29, 1.82) is 0 Å². The molecule has 0 aliphatic heterocycles. The van der Waals surface area contributed by atoms with E-state index in [0.717, 1.165) is 5.56 Å². The SMILES string of the molecule is C=C/C=C\c1coc(C=O)c1. The van der Waals surface area contributed by atoms with Gasteiger partial charge in [-0.3, -0.25) is 4.79 Å². The van der Waals surface area contributed by atoms with E-state index < -0.39 is 0 Å². The summed E-state index contributed by atoms with van der Waals surface area (Å²) in [4.78, 5) is 10.2. The molecule has 0 saturated heterocycles. The zero-order chi connectivity index (χ0) is 8.10. The lowest BCUT2D eigenvalue weighted by Gasteiger charge is -1.75. The molecule has 0 atom stereocenters. The third-order valence-corrected chi connectivity index (χ3v) is 1.18. The molecule has 0 unspecified atom stereocenters. The van der Waals surface area contributed by atoms with Gasteiger partial charge in [0.1, 0.15) is 0 Å². The van der Waals surface area contributed by atoms with Gasteiger partial charge in [-0.15, -0.1) is 0 Å². The Labute approximate surface area is 64.8 Å². The maximum Gasteiger partial charge on any atom is 0.185 e. The lowest BCUT2D eigenvalue weighted by Crippen LogP contribution is -1.67. The number of allylic oxidation sites excluding steroid dienone is 2. The largest absolute Gasteiger partial charge is 0.461 e. The average Bonchev–Trinajstić information content (AvgIpc) is 2.48. The van der Waals surface area contributed by atoms with E-state index in [2.05, 4.69) is 6.58 Å². The quantitative estimate of drug-likeness (QED) is 0.486. The van der Waals surface area contributed by atoms with E-state index >= 15 is 0 Å². The summed E-state index contributed by atoms with van der Waals surface area (Å²) in [6, 6.07) is 1.66. The minimum Gasteiger partial charge on any atom is -0.461 e. The fourth-order valence-electron chi connectivity index (χ4n) is 0.697. The Bertz CT molecular complexity index is 282. The van der Waals surface area contributed by atoms with Crippen molar-refractivity contribution in [2.75, 3.05) is 0 Å². The van der Waals surface area contributed by atoms with Gasteiger partial charge in [-0.1, -0.05) is 24.8 Å². The summed E-state index contributed by atoms with van der Waals surface area (Å²) >= 11 is 0. The van der Waals surface area contributed by atoms with Crippen LogP contribution in [0.25, 0.3) is 6.08 Å². The van der Waals surface area contributed by atoms with Crippen molar-refractivity contribution in [3.8, 4) is 0 Å². The standard InChI is InChI=1S/C9H8O2/c1-2-3-4-8-5-9(6-10)11-7-8/h2-7H,1H2/b4-3-. The molecule has 11 heavy (non-hydrogen) atoms. The molecule has 0 spiro atoms. The van der Waals surface area contributed by atoms with Crippen molar-refractivity contribution in [1.82, 2.24) is 0 Å². The molecule has 1 heterocycles. The first-order chi connectivity index (χ1) is 5.36. The molecule has 56 valence electrons. The predicted octanol–water partition coefficient (Wildman–Crippen LogP) is 2.29. The van der Waals surface area contributed by atoms with E-state index in [1.807, 2.05) is 6.08 Å². The Hall–Kier alpha value is -1.57. The first-order valence-corrected chi connectivity index (χ1v) is 3.19. The molecule has 0 aliphatic carbocycles. The van der Waals surface area contributed by atoms with Crippen LogP contribution in [-0.2, 0) is 0 Å². The van der Waals surface area contributed by atoms with Gasteiger partial charge in [0, 0.05) is 5.56 Å². The van der Waals surface area contributed by atoms with Crippen molar-refractivity contribution < 1.29 is 9.21 Å². The molecule has 0 aliphatic rings. The molecule has 2 heteroatoms. The fourth-order valence-corrected chi connectivity index (χ4v) is 0.697. The lowest BCUT2D eigenvalue weighted by atomic mass is 10.3. The van der Waals surface area contributed by atoms with Crippen LogP contribution in [-0.4, -0.2) is 6.29 Å². The van der Waals surface area contributed by atoms with Crippen LogP contribution in [0.3, 0.4) is 0 Å². The maximum absolute atomic E-state index is 10.2. The van der Waals surface area contributed by atoms with Gasteiger partial charge in [0.2, 0.25) is 0 Å². The molecule has 0 radical (unpaired) electrons. The van der Waals surface area contributed by atoms with Gasteiger partial charge in [-0.25, -0.2) is 0 Å². The summed E-state index contributed by atoms with van der Waals surface area (Å²) in [7, 11) is 0. The molecule has 1 aromatic heterocycles. The Morgan fingerprint density at radius 1 is 1.55 bits per heavy atom. The van der Waals surface area contributed by atoms with Crippen LogP contribution in [0.2, 0.25) is 0 Å². The van der Waals surface area contributed by atoms with Gasteiger partial charge in [0.05, 0.1) is 6.26 Å². The fraction of sp³-hybridized carbons (Fsp3) is 0. The molecule has 1 rings (SSSR count). The van der Waals surface area contributed by atoms with E-state index in [4.69, 9.17) is 4.42 Å². The zero-order valence-corrected chi connectivity index (χ0v) is 5.99. The molecule has 0 amide bonds. The molecule has 0 fully saturated rings. The predicted molar refractivity (Wildman–Crippen MR) is 43.3 cm³/mol. The van der Waals surface area contributed by atoms with Crippen molar-refractivity contribution in [2.45, 2.75) is 0 Å². The molecule has 0 N–H and O–H groups in total. The highest BCUT2D eigenvalue weighted by molar-refractivity contribution is 5.72. The van der Waals surface area contributed by atoms with Gasteiger partial charge in [-0.05, 0) is 6.07 Å². The highest BCUT2D eigenvalue weighted by atomic mass is 16.3. The second-order valence-corrected chi connectivity index (χ2v) is 2.00. The summed E-state index contributed by atoms with van der Waals surface area (Å²) in [5.74, 6) is 0.341. The van der Waals surface area contributed by atoms with E-state index in [9.17, 15) is 4.79 Å². The van der Waals surface area contributed by atoms with Gasteiger partial charge < -0.3 is 4.42 Å². The lowest BCUT2D eigenvalue weighted by molar-refractivity contribution is 0.110. The Morgan fingerprint density at radius 2 is 2.36 bits per heavy atom. The van der Waals surface area contributed by atoms with Crippen LogP contribution in [0, 0.1) is 0 Å². The monoisotopic (exact) mass is 148 g/mol. The van der Waals surface area contributed by atoms with Crippen molar-refractivity contribution in [2.24, 2.45) is 0 Å². The molecule has 0 bridgehead atoms. The average molecular weight is 148 g/mol. The number of hydrogen-bond donors (Lipinski definition) is 0. The molecular weight excluding hydrogens is 140 g/mol. The van der Waals surface area contributed by atoms with Crippen molar-refractivity contribution in [3.05, 3.63) is 42.4 Å². The van der Waals surface area contributed by atoms with Gasteiger partial charge in [-0.2, -0.15) is 0 Å². The maximum atomic E-state index is 10.2. The van der Waals surface area contributed by atoms with Gasteiger partial charge >= 0.3 is 0 Å². The summed E-state index contributed by atoms with van der Waals surface area (Å²) in [6.45, 7) is 3.52. The zero-order valence-electron chi connectivity index (χ0n) is 5.99. The number of carbonyl (C=O) groups excluding carboxylic acids is 1. The second kappa shape index (κ2) is 3.56. The summed E-state index contributed by atoms with van der Waals surface area (Å²) in [6.07, 6.45) is 7.44. The van der Waals surface area contributed by atoms with Crippen LogP contribution in [0.1, 0.15) is 16.1 Å². The minimum atomic E-state index is 0.341. The minimum absolute atomic E-state index is 0.341. The van der Waals surface area contributed by atoms with E-state index in [0.29, 0.717) is 12.0 Å². The highest BCUT2D eigenvalue weighted by Gasteiger charge is 1.94. The molecule has 0 saturated carbocycles. The summed E-state index contributed by atoms with van der Waals surface area (Å²) in [5, 5.41) is 0. The van der Waals surface area contributed by atoms with Crippen LogP contribution in [0.5, 0.6) is 0 Å². The highest BCUT2D eigenvalue weighted by Crippen LogP contribution is 2.06. The molecule has 2 nitrogen and oxygen atoms in total. The van der Waals surface area contributed by atoms with Crippen LogP contribution < -0.4 is 0 Å². The number of carbonyl (C=O) groups is 1. The van der Waals surface area contributed by atoms with Crippen LogP contribution >= 0.6 is 0 Å². The van der Waals surface area contributed by atoms with Crippen LogP contribution in [0.15, 0.2) is 35.5 Å². The Kier molecular flexibility index (Phi) is 2.44. The number of rotatable bonds is 3. The summed E-state index contributed by atoms with van der Waals surface area (Å²) < 4.78 is 4.86. The second-order valence-electron chi connectivity index (χ2n) is 2.00. The van der Waals surface area contributed by atoms with Crippen molar-refractivity contribution in [3.63, 3.8) is 0 Å². The molecule has 0 aromatic carbocycles. The van der Waals surface area contributed by atoms with Crippen LogP contribution in [0.4, 0.5) is 0 Å². The summed E-state index contributed by atoms with van der Waals surface area (Å²) in [5.41, 5.74) is 0.868. The smallest absolute Gasteiger partial charge is 0.185 e. The van der Waals surface area contributed by atoms with E-state index in [1.54, 1.807) is 18.2 Å². The normalized spacial score (nSPS) is 10.2. The first-order valence-electron chi connectivity index (χ1n) is 3.19. The number of aldehydes is 1. The third kappa shape index (κ3) is 1.93. The van der Waals surface area contributed by atoms with Gasteiger partial charge in [0.25, 0.3) is 0 Å². The number of furan rings is 1.